The fourth-order valence-electron chi connectivity index (χ4n) is 1.57. The van der Waals surface area contributed by atoms with Crippen molar-refractivity contribution in [2.45, 2.75) is 30.7 Å². The summed E-state index contributed by atoms with van der Waals surface area (Å²) in [5.74, 6) is 0. The third-order valence-electron chi connectivity index (χ3n) is 2.99. The summed E-state index contributed by atoms with van der Waals surface area (Å²) in [5, 5.41) is 0.543. The molecule has 0 spiro atoms. The van der Waals surface area contributed by atoms with E-state index in [2.05, 4.69) is 29.4 Å². The molecule has 2 rings (SSSR count). The van der Waals surface area contributed by atoms with E-state index in [1.807, 2.05) is 13.8 Å². The fourth-order valence-corrected chi connectivity index (χ4v) is 4.54. The molecule has 1 heterocycles. The number of sulfonamides is 1. The van der Waals surface area contributed by atoms with E-state index in [0.717, 1.165) is 11.4 Å². The minimum atomic E-state index is -3.61. The second kappa shape index (κ2) is 5.43. The predicted octanol–water partition coefficient (Wildman–Crippen LogP) is 3.25. The van der Waals surface area contributed by atoms with Gasteiger partial charge in [-0.3, -0.25) is 0 Å². The molecular weight excluding hydrogens is 350 g/mol. The summed E-state index contributed by atoms with van der Waals surface area (Å²) in [6, 6.07) is 4.98. The average Bonchev–Trinajstić information content (AvgIpc) is 2.85. The molecule has 1 aromatic carbocycles. The number of alkyl halides is 1. The first-order valence-electron chi connectivity index (χ1n) is 5.73. The number of benzene rings is 1. The highest BCUT2D eigenvalue weighted by Gasteiger charge is 2.30. The van der Waals surface area contributed by atoms with Crippen molar-refractivity contribution < 1.29 is 8.42 Å². The lowest BCUT2D eigenvalue weighted by Gasteiger charge is -2.27. The zero-order valence-electron chi connectivity index (χ0n) is 10.6. The van der Waals surface area contributed by atoms with E-state index in [1.54, 1.807) is 18.2 Å². The van der Waals surface area contributed by atoms with E-state index in [0.29, 0.717) is 23.1 Å². The molecular formula is C11H14BrN3O2S2. The number of halogens is 1. The third kappa shape index (κ3) is 2.96. The number of hydrogen-bond acceptors (Lipinski definition) is 4. The van der Waals surface area contributed by atoms with E-state index in [4.69, 9.17) is 0 Å². The Morgan fingerprint density at radius 3 is 2.79 bits per heavy atom. The van der Waals surface area contributed by atoms with E-state index in [9.17, 15) is 8.42 Å². The van der Waals surface area contributed by atoms with Crippen molar-refractivity contribution in [3.63, 3.8) is 0 Å². The maximum atomic E-state index is 12.5. The summed E-state index contributed by atoms with van der Waals surface area (Å²) in [6.07, 6.45) is 0.683. The molecule has 19 heavy (non-hydrogen) atoms. The zero-order valence-corrected chi connectivity index (χ0v) is 13.8. The molecule has 5 nitrogen and oxygen atoms in total. The Labute approximate surface area is 124 Å². The molecule has 1 N–H and O–H groups in total. The van der Waals surface area contributed by atoms with Gasteiger partial charge in [0.15, 0.2) is 0 Å². The second-order valence-electron chi connectivity index (χ2n) is 4.54. The Hall–Kier alpha value is -0.570. The van der Waals surface area contributed by atoms with Gasteiger partial charge < -0.3 is 0 Å². The summed E-state index contributed by atoms with van der Waals surface area (Å²) in [4.78, 5) is 0.180. The van der Waals surface area contributed by atoms with Gasteiger partial charge in [0.2, 0.25) is 10.0 Å². The topological polar surface area (TPSA) is 70.9 Å². The number of rotatable bonds is 5. The van der Waals surface area contributed by atoms with Crippen molar-refractivity contribution >= 4 is 48.7 Å². The van der Waals surface area contributed by atoms with Crippen LogP contribution in [0.2, 0.25) is 0 Å². The van der Waals surface area contributed by atoms with Crippen LogP contribution in [0, 0.1) is 0 Å². The standard InChI is InChI=1S/C11H14BrN3O2S2/c1-3-11(2,7-12)15-19(16,17)9-6-4-5-8-10(9)14-18-13-8/h4-6,15H,3,7H2,1-2H3. The van der Waals surface area contributed by atoms with Gasteiger partial charge in [0.25, 0.3) is 0 Å². The van der Waals surface area contributed by atoms with Gasteiger partial charge in [-0.2, -0.15) is 8.73 Å². The summed E-state index contributed by atoms with van der Waals surface area (Å²) in [5.41, 5.74) is 0.503. The van der Waals surface area contributed by atoms with Crippen LogP contribution in [0.3, 0.4) is 0 Å². The molecule has 0 saturated heterocycles. The maximum Gasteiger partial charge on any atom is 0.243 e. The van der Waals surface area contributed by atoms with Crippen molar-refractivity contribution in [1.82, 2.24) is 4.72 Å². The van der Waals surface area contributed by atoms with Crippen molar-refractivity contribution in [3.05, 3.63) is 18.2 Å². The van der Waals surface area contributed by atoms with E-state index in [1.165, 1.54) is 0 Å². The van der Waals surface area contributed by atoms with Crippen molar-refractivity contribution in [3.8, 4) is 0 Å². The van der Waals surface area contributed by atoms with Gasteiger partial charge >= 0.3 is 0 Å². The first-order chi connectivity index (χ1) is 8.92. The SMILES string of the molecule is CCC(C)(CBr)NS(=O)(=O)c1cccc2c1N=S=N2. The third-order valence-corrected chi connectivity index (χ3v) is 6.44. The monoisotopic (exact) mass is 363 g/mol. The van der Waals surface area contributed by atoms with Crippen LogP contribution in [0.25, 0.3) is 0 Å². The molecule has 1 aromatic rings. The summed E-state index contributed by atoms with van der Waals surface area (Å²) < 4.78 is 35.8. The molecule has 0 fully saturated rings. The molecule has 1 aliphatic heterocycles. The lowest BCUT2D eigenvalue weighted by atomic mass is 10.0. The summed E-state index contributed by atoms with van der Waals surface area (Å²) in [7, 11) is -3.61. The van der Waals surface area contributed by atoms with Crippen molar-refractivity contribution in [1.29, 1.82) is 0 Å². The number of hydrogen-bond donors (Lipinski definition) is 1. The van der Waals surface area contributed by atoms with Crippen LogP contribution < -0.4 is 4.72 Å². The van der Waals surface area contributed by atoms with Gasteiger partial charge in [-0.1, -0.05) is 28.9 Å². The Morgan fingerprint density at radius 2 is 2.16 bits per heavy atom. The Bertz CT molecular complexity index is 663. The quantitative estimate of drug-likeness (QED) is 0.828. The van der Waals surface area contributed by atoms with Gasteiger partial charge in [-0.05, 0) is 25.5 Å². The highest BCUT2D eigenvalue weighted by molar-refractivity contribution is 9.09. The molecule has 0 radical (unpaired) electrons. The number of fused-ring (bicyclic) bond motifs is 1. The summed E-state index contributed by atoms with van der Waals surface area (Å²) >= 11 is 4.36. The van der Waals surface area contributed by atoms with Crippen LogP contribution in [0.1, 0.15) is 20.3 Å². The van der Waals surface area contributed by atoms with Gasteiger partial charge in [0.1, 0.15) is 16.3 Å². The van der Waals surface area contributed by atoms with E-state index in [-0.39, 0.29) is 4.90 Å². The van der Waals surface area contributed by atoms with Crippen LogP contribution in [0.15, 0.2) is 31.8 Å². The van der Waals surface area contributed by atoms with Crippen LogP contribution in [-0.4, -0.2) is 19.3 Å². The molecule has 104 valence electrons. The smallest absolute Gasteiger partial charge is 0.207 e. The van der Waals surface area contributed by atoms with Crippen molar-refractivity contribution in [2.24, 2.45) is 8.73 Å². The number of nitrogens with zero attached hydrogens (tertiary/aromatic N) is 2. The molecule has 1 aliphatic rings. The zero-order chi connectivity index (χ0) is 14.1. The molecule has 8 heteroatoms. The predicted molar refractivity (Wildman–Crippen MR) is 80.8 cm³/mol. The largest absolute Gasteiger partial charge is 0.243 e. The molecule has 1 unspecified atom stereocenters. The van der Waals surface area contributed by atoms with Gasteiger partial charge in [-0.15, -0.1) is 0 Å². The van der Waals surface area contributed by atoms with Crippen LogP contribution in [-0.2, 0) is 21.4 Å². The number of nitrogens with one attached hydrogen (secondary N) is 1. The lowest BCUT2D eigenvalue weighted by Crippen LogP contribution is -2.46. The molecule has 0 saturated carbocycles. The summed E-state index contributed by atoms with van der Waals surface area (Å²) in [6.45, 7) is 3.80. The van der Waals surface area contributed by atoms with Gasteiger partial charge in [-0.25, -0.2) is 13.1 Å². The molecule has 0 amide bonds. The minimum Gasteiger partial charge on any atom is -0.207 e. The van der Waals surface area contributed by atoms with Gasteiger partial charge in [0, 0.05) is 10.9 Å². The molecule has 0 aliphatic carbocycles. The average molecular weight is 364 g/mol. The fraction of sp³-hybridized carbons (Fsp3) is 0.455. The van der Waals surface area contributed by atoms with E-state index < -0.39 is 15.6 Å². The maximum absolute atomic E-state index is 12.5. The Kier molecular flexibility index (Phi) is 4.24. The van der Waals surface area contributed by atoms with Crippen molar-refractivity contribution in [2.75, 3.05) is 5.33 Å². The molecule has 0 aromatic heterocycles. The minimum absolute atomic E-state index is 0.180. The van der Waals surface area contributed by atoms with Gasteiger partial charge in [0.05, 0.1) is 11.4 Å². The van der Waals surface area contributed by atoms with E-state index >= 15 is 0 Å². The van der Waals surface area contributed by atoms with Crippen LogP contribution >= 0.6 is 15.9 Å². The first-order valence-corrected chi connectivity index (χ1v) is 9.06. The highest BCUT2D eigenvalue weighted by Crippen LogP contribution is 2.37. The van der Waals surface area contributed by atoms with Crippen LogP contribution in [0.5, 0.6) is 0 Å². The Balaban J connectivity index is 2.42. The normalized spacial score (nSPS) is 16.8. The van der Waals surface area contributed by atoms with Crippen LogP contribution in [0.4, 0.5) is 11.4 Å². The second-order valence-corrected chi connectivity index (χ2v) is 7.28. The lowest BCUT2D eigenvalue weighted by molar-refractivity contribution is 0.449. The molecule has 0 bridgehead atoms. The first kappa shape index (κ1) is 14.8. The highest BCUT2D eigenvalue weighted by atomic mass is 79.9. The molecule has 1 atom stereocenters. The Morgan fingerprint density at radius 1 is 1.42 bits per heavy atom.